The number of carbonyl (C=O) groups is 1. The number of rotatable bonds is 12. The fraction of sp³-hybridized carbons (Fsp3) is 0.684. The largest absolute Gasteiger partial charge is 0.741 e. The summed E-state index contributed by atoms with van der Waals surface area (Å²) in [6, 6.07) is 0. The molecule has 0 saturated heterocycles. The van der Waals surface area contributed by atoms with Gasteiger partial charge in [0.15, 0.2) is 10.1 Å². The number of nitrogens with zero attached hydrogens (tertiary/aromatic N) is 2. The summed E-state index contributed by atoms with van der Waals surface area (Å²) in [5, 5.41) is 0. The first-order chi connectivity index (χ1) is 13.9. The molecule has 30 heavy (non-hydrogen) atoms. The van der Waals surface area contributed by atoms with Crippen LogP contribution in [-0.2, 0) is 33.2 Å². The maximum Gasteiger partial charge on any atom is 0.485 e. The first-order valence-electron chi connectivity index (χ1n) is 9.77. The molecule has 1 heterocycles. The molecule has 174 valence electrons. The van der Waals surface area contributed by atoms with Gasteiger partial charge in [-0.05, 0) is 12.8 Å². The molecule has 0 N–H and O–H groups in total. The minimum Gasteiger partial charge on any atom is -0.741 e. The molecule has 0 spiro atoms. The molecular weight excluding hydrogens is 425 g/mol. The smallest absolute Gasteiger partial charge is 0.485 e. The predicted octanol–water partition coefficient (Wildman–Crippen LogP) is 3.60. The highest BCUT2D eigenvalue weighted by atomic mass is 32.2. The SMILES string of the molecule is C=CC(=O)OC(CCCCCCCCC)C[n+]1ccn(C)c1.O=S(=O)([O-])C(F)(F)F. The van der Waals surface area contributed by atoms with Crippen molar-refractivity contribution in [3.05, 3.63) is 31.4 Å². The maximum absolute atomic E-state index is 11.5. The molecule has 0 fully saturated rings. The van der Waals surface area contributed by atoms with Crippen LogP contribution >= 0.6 is 0 Å². The first-order valence-corrected chi connectivity index (χ1v) is 11.2. The summed E-state index contributed by atoms with van der Waals surface area (Å²) in [5.74, 6) is -0.329. The van der Waals surface area contributed by atoms with E-state index in [0.29, 0.717) is 6.54 Å². The summed E-state index contributed by atoms with van der Waals surface area (Å²) >= 11 is 0. The van der Waals surface area contributed by atoms with Gasteiger partial charge in [0, 0.05) is 6.08 Å². The number of ether oxygens (including phenoxy) is 1. The third-order valence-electron chi connectivity index (χ3n) is 4.10. The van der Waals surface area contributed by atoms with Crippen LogP contribution in [0, 0.1) is 0 Å². The van der Waals surface area contributed by atoms with Gasteiger partial charge in [0.1, 0.15) is 25.0 Å². The Balaban J connectivity index is 0.000000890. The molecular formula is C19H31F3N2O5S. The number of aryl methyl sites for hydroxylation is 1. The van der Waals surface area contributed by atoms with E-state index in [2.05, 4.69) is 18.1 Å². The van der Waals surface area contributed by atoms with Gasteiger partial charge in [-0.1, -0.05) is 52.0 Å². The molecule has 1 unspecified atom stereocenters. The molecule has 0 aliphatic rings. The van der Waals surface area contributed by atoms with Crippen LogP contribution in [0.4, 0.5) is 13.2 Å². The Labute approximate surface area is 176 Å². The molecule has 0 aliphatic heterocycles. The van der Waals surface area contributed by atoms with Gasteiger partial charge < -0.3 is 9.29 Å². The fourth-order valence-corrected chi connectivity index (χ4v) is 2.57. The van der Waals surface area contributed by atoms with Gasteiger partial charge >= 0.3 is 11.5 Å². The van der Waals surface area contributed by atoms with Crippen molar-refractivity contribution in [2.75, 3.05) is 0 Å². The van der Waals surface area contributed by atoms with Crippen LogP contribution in [0.15, 0.2) is 31.4 Å². The maximum atomic E-state index is 11.5. The van der Waals surface area contributed by atoms with Crippen molar-refractivity contribution < 1.29 is 40.2 Å². The van der Waals surface area contributed by atoms with Crippen molar-refractivity contribution >= 4 is 16.1 Å². The number of esters is 1. The zero-order chi connectivity index (χ0) is 23.2. The second-order valence-corrected chi connectivity index (χ2v) is 8.22. The van der Waals surface area contributed by atoms with Gasteiger partial charge in [-0.3, -0.25) is 0 Å². The second kappa shape index (κ2) is 14.2. The van der Waals surface area contributed by atoms with Crippen molar-refractivity contribution in [1.29, 1.82) is 0 Å². The number of carbonyl (C=O) groups excluding carboxylic acids is 1. The standard InChI is InChI=1S/C18H31N2O2.CHF3O3S/c1-4-6-7-8-9-10-11-12-17(22-18(21)5-2)15-20-14-13-19(3)16-20;2-1(3,4)8(5,6)7/h5,13-14,16-17H,2,4,6-12,15H2,1,3H3;(H,5,6,7)/q+1;/p-1. The Hall–Kier alpha value is -1.88. The van der Waals surface area contributed by atoms with Crippen molar-refractivity contribution in [3.8, 4) is 0 Å². The quantitative estimate of drug-likeness (QED) is 0.120. The van der Waals surface area contributed by atoms with Crippen molar-refractivity contribution in [3.63, 3.8) is 0 Å². The molecule has 11 heteroatoms. The number of alkyl halides is 3. The zero-order valence-electron chi connectivity index (χ0n) is 17.4. The van der Waals surface area contributed by atoms with Crippen LogP contribution < -0.4 is 4.57 Å². The van der Waals surface area contributed by atoms with E-state index in [1.165, 1.54) is 44.6 Å². The molecule has 7 nitrogen and oxygen atoms in total. The van der Waals surface area contributed by atoms with E-state index in [1.807, 2.05) is 30.3 Å². The lowest BCUT2D eigenvalue weighted by Crippen LogP contribution is -2.39. The predicted molar refractivity (Wildman–Crippen MR) is 104 cm³/mol. The van der Waals surface area contributed by atoms with E-state index in [9.17, 15) is 18.0 Å². The summed E-state index contributed by atoms with van der Waals surface area (Å²) in [6.45, 7) is 6.42. The molecule has 0 radical (unpaired) electrons. The summed E-state index contributed by atoms with van der Waals surface area (Å²) in [6.07, 6.45) is 16.9. The van der Waals surface area contributed by atoms with Gasteiger partial charge in [-0.25, -0.2) is 22.3 Å². The topological polar surface area (TPSA) is 92.3 Å². The molecule has 0 bridgehead atoms. The molecule has 0 amide bonds. The van der Waals surface area contributed by atoms with E-state index in [1.54, 1.807) is 0 Å². The number of unbranched alkanes of at least 4 members (excludes halogenated alkanes) is 6. The van der Waals surface area contributed by atoms with Crippen LogP contribution in [0.25, 0.3) is 0 Å². The van der Waals surface area contributed by atoms with Crippen molar-refractivity contribution in [2.24, 2.45) is 7.05 Å². The van der Waals surface area contributed by atoms with E-state index in [0.717, 1.165) is 12.8 Å². The van der Waals surface area contributed by atoms with E-state index >= 15 is 0 Å². The number of aromatic nitrogens is 2. The average molecular weight is 457 g/mol. The van der Waals surface area contributed by atoms with E-state index in [4.69, 9.17) is 17.7 Å². The van der Waals surface area contributed by atoms with Gasteiger partial charge in [-0.15, -0.1) is 0 Å². The van der Waals surface area contributed by atoms with Gasteiger partial charge in [0.2, 0.25) is 6.33 Å². The molecule has 0 aliphatic carbocycles. The Morgan fingerprint density at radius 3 is 2.20 bits per heavy atom. The highest BCUT2D eigenvalue weighted by Gasteiger charge is 2.36. The molecule has 1 aromatic heterocycles. The Kier molecular flexibility index (Phi) is 13.3. The fourth-order valence-electron chi connectivity index (χ4n) is 2.57. The number of hydrogen-bond donors (Lipinski definition) is 0. The summed E-state index contributed by atoms with van der Waals surface area (Å²) in [4.78, 5) is 11.5. The molecule has 0 aromatic carbocycles. The van der Waals surface area contributed by atoms with Crippen LogP contribution in [0.2, 0.25) is 0 Å². The van der Waals surface area contributed by atoms with Gasteiger partial charge in [0.05, 0.1) is 7.05 Å². The number of halogens is 3. The Morgan fingerprint density at radius 1 is 1.23 bits per heavy atom. The third kappa shape index (κ3) is 13.4. The van der Waals surface area contributed by atoms with Crippen molar-refractivity contribution in [1.82, 2.24) is 4.57 Å². The molecule has 1 atom stereocenters. The van der Waals surface area contributed by atoms with Gasteiger partial charge in [-0.2, -0.15) is 13.2 Å². The minimum atomic E-state index is -6.09. The first kappa shape index (κ1) is 28.1. The van der Waals surface area contributed by atoms with Gasteiger partial charge in [0.25, 0.3) is 0 Å². The summed E-state index contributed by atoms with van der Waals surface area (Å²) in [7, 11) is -4.11. The molecule has 1 aromatic rings. The highest BCUT2D eigenvalue weighted by molar-refractivity contribution is 7.86. The van der Waals surface area contributed by atoms with Crippen LogP contribution in [-0.4, -0.2) is 35.1 Å². The lowest BCUT2D eigenvalue weighted by Gasteiger charge is -2.15. The lowest BCUT2D eigenvalue weighted by molar-refractivity contribution is -0.702. The van der Waals surface area contributed by atoms with E-state index < -0.39 is 15.6 Å². The number of hydrogen-bond acceptors (Lipinski definition) is 5. The van der Waals surface area contributed by atoms with E-state index in [-0.39, 0.29) is 12.1 Å². The van der Waals surface area contributed by atoms with Crippen molar-refractivity contribution in [2.45, 2.75) is 76.4 Å². The van der Waals surface area contributed by atoms with Crippen LogP contribution in [0.5, 0.6) is 0 Å². The summed E-state index contributed by atoms with van der Waals surface area (Å²) < 4.78 is 68.4. The van der Waals surface area contributed by atoms with Crippen LogP contribution in [0.1, 0.15) is 58.3 Å². The normalized spacial score (nSPS) is 12.6. The average Bonchev–Trinajstić information content (AvgIpc) is 3.04. The Bertz CT molecular complexity index is 733. The molecule has 1 rings (SSSR count). The third-order valence-corrected chi connectivity index (χ3v) is 4.67. The summed E-state index contributed by atoms with van der Waals surface area (Å²) in [5.41, 5.74) is -5.65. The van der Waals surface area contributed by atoms with Crippen LogP contribution in [0.3, 0.4) is 0 Å². The monoisotopic (exact) mass is 456 g/mol. The number of imidazole rings is 1. The second-order valence-electron chi connectivity index (χ2n) is 6.85. The lowest BCUT2D eigenvalue weighted by atomic mass is 10.1. The Morgan fingerprint density at radius 2 is 1.77 bits per heavy atom. The highest BCUT2D eigenvalue weighted by Crippen LogP contribution is 2.20. The zero-order valence-corrected chi connectivity index (χ0v) is 18.3. The molecule has 0 saturated carbocycles. The minimum absolute atomic E-state index is 0.0754.